The normalized spacial score (nSPS) is 24.3. The summed E-state index contributed by atoms with van der Waals surface area (Å²) in [4.78, 5) is 4.05. The summed E-state index contributed by atoms with van der Waals surface area (Å²) in [5.74, 6) is 1.17. The Morgan fingerprint density at radius 2 is 2.11 bits per heavy atom. The lowest BCUT2D eigenvalue weighted by Crippen LogP contribution is -2.35. The predicted octanol–water partition coefficient (Wildman–Crippen LogP) is 4.50. The molecule has 100 valence electrons. The fraction of sp³-hybridized carbons (Fsp3) is 0.643. The molecule has 1 aromatic heterocycles. The Kier molecular flexibility index (Phi) is 4.44. The Morgan fingerprint density at radius 1 is 1.39 bits per heavy atom. The average molecular weight is 271 g/mol. The molecule has 2 atom stereocenters. The number of hydrogen-bond acceptors (Lipinski definition) is 2. The van der Waals surface area contributed by atoms with Gasteiger partial charge < -0.3 is 5.32 Å². The van der Waals surface area contributed by atoms with Crippen LogP contribution >= 0.6 is 11.6 Å². The third-order valence-electron chi connectivity index (χ3n) is 3.81. The van der Waals surface area contributed by atoms with Crippen LogP contribution in [0.2, 0.25) is 5.02 Å². The molecule has 1 aliphatic carbocycles. The van der Waals surface area contributed by atoms with E-state index >= 15 is 0 Å². The van der Waals surface area contributed by atoms with Crippen molar-refractivity contribution in [2.75, 3.05) is 5.32 Å². The van der Waals surface area contributed by atoms with Gasteiger partial charge in [-0.2, -0.15) is 0 Å². The van der Waals surface area contributed by atoms with Crippen LogP contribution in [-0.4, -0.2) is 11.0 Å². The fourth-order valence-electron chi connectivity index (χ4n) is 2.83. The molecule has 0 amide bonds. The Hall–Kier alpha value is -0.830. The topological polar surface area (TPSA) is 24.9 Å². The third-order valence-corrected chi connectivity index (χ3v) is 4.01. The molecule has 0 saturated heterocycles. The molecule has 4 heteroatoms. The molecule has 1 N–H and O–H groups in total. The van der Waals surface area contributed by atoms with Crippen molar-refractivity contribution in [3.05, 3.63) is 23.1 Å². The Balaban J connectivity index is 2.11. The number of hydrogen-bond donors (Lipinski definition) is 1. The summed E-state index contributed by atoms with van der Waals surface area (Å²) in [5.41, 5.74) is 0. The number of aromatic nitrogens is 1. The summed E-state index contributed by atoms with van der Waals surface area (Å²) in [6, 6.07) is 1.63. The van der Waals surface area contributed by atoms with Gasteiger partial charge in [0, 0.05) is 12.2 Å². The van der Waals surface area contributed by atoms with E-state index in [4.69, 9.17) is 11.6 Å². The van der Waals surface area contributed by atoms with Gasteiger partial charge >= 0.3 is 0 Å². The molecule has 2 nitrogen and oxygen atoms in total. The highest BCUT2D eigenvalue weighted by Gasteiger charge is 2.28. The maximum Gasteiger partial charge on any atom is 0.166 e. The molecule has 2 rings (SSSR count). The molecular formula is C14H20ClFN2. The Bertz CT molecular complexity index is 409. The minimum absolute atomic E-state index is 0.321. The van der Waals surface area contributed by atoms with Crippen LogP contribution in [0, 0.1) is 17.7 Å². The summed E-state index contributed by atoms with van der Waals surface area (Å²) in [7, 11) is 0. The molecule has 0 bridgehead atoms. The second kappa shape index (κ2) is 5.87. The summed E-state index contributed by atoms with van der Waals surface area (Å²) in [6.45, 7) is 4.46. The molecule has 1 aliphatic rings. The van der Waals surface area contributed by atoms with Gasteiger partial charge in [0.1, 0.15) is 0 Å². The van der Waals surface area contributed by atoms with Gasteiger partial charge in [0.15, 0.2) is 11.6 Å². The van der Waals surface area contributed by atoms with Crippen molar-refractivity contribution in [1.29, 1.82) is 0 Å². The van der Waals surface area contributed by atoms with Crippen molar-refractivity contribution in [2.45, 2.75) is 45.6 Å². The first-order valence-corrected chi connectivity index (χ1v) is 7.03. The molecule has 0 radical (unpaired) electrons. The van der Waals surface area contributed by atoms with Gasteiger partial charge in [0.05, 0.1) is 5.02 Å². The molecule has 18 heavy (non-hydrogen) atoms. The number of nitrogens with zero attached hydrogens (tertiary/aromatic N) is 1. The second-order valence-electron chi connectivity index (χ2n) is 5.43. The molecule has 1 aromatic rings. The van der Waals surface area contributed by atoms with Gasteiger partial charge in [-0.1, -0.05) is 38.3 Å². The molecule has 0 aliphatic heterocycles. The first-order valence-electron chi connectivity index (χ1n) is 6.65. The van der Waals surface area contributed by atoms with Gasteiger partial charge in [-0.25, -0.2) is 9.37 Å². The minimum atomic E-state index is -0.365. The second-order valence-corrected chi connectivity index (χ2v) is 5.86. The van der Waals surface area contributed by atoms with E-state index < -0.39 is 0 Å². The largest absolute Gasteiger partial charge is 0.365 e. The monoisotopic (exact) mass is 270 g/mol. The fourth-order valence-corrected chi connectivity index (χ4v) is 2.98. The molecular weight excluding hydrogens is 251 g/mol. The summed E-state index contributed by atoms with van der Waals surface area (Å²) in [5, 5.41) is 3.60. The van der Waals surface area contributed by atoms with Gasteiger partial charge in [0.2, 0.25) is 0 Å². The van der Waals surface area contributed by atoms with Crippen LogP contribution in [0.4, 0.5) is 10.2 Å². The Labute approximate surface area is 113 Å². The van der Waals surface area contributed by atoms with Crippen LogP contribution in [-0.2, 0) is 0 Å². The van der Waals surface area contributed by atoms with E-state index in [9.17, 15) is 4.39 Å². The standard InChI is InChI=1S/C14H20ClFN2/c1-9(2)11-5-3-4-6-13(11)18-14-12(16)7-10(15)8-17-14/h7-9,11,13H,3-6H2,1-2H3,(H,17,18). The maximum atomic E-state index is 13.7. The number of pyridine rings is 1. The van der Waals surface area contributed by atoms with E-state index in [2.05, 4.69) is 24.1 Å². The maximum absolute atomic E-state index is 13.7. The number of nitrogens with one attached hydrogen (secondary N) is 1. The van der Waals surface area contributed by atoms with E-state index in [0.29, 0.717) is 28.7 Å². The smallest absolute Gasteiger partial charge is 0.166 e. The first-order chi connectivity index (χ1) is 8.58. The number of anilines is 1. The lowest BCUT2D eigenvalue weighted by Gasteiger charge is -2.35. The summed E-state index contributed by atoms with van der Waals surface area (Å²) < 4.78 is 13.7. The first kappa shape index (κ1) is 13.6. The molecule has 1 heterocycles. The van der Waals surface area contributed by atoms with Crippen LogP contribution in [0.5, 0.6) is 0 Å². The summed E-state index contributed by atoms with van der Waals surface area (Å²) >= 11 is 5.71. The van der Waals surface area contributed by atoms with E-state index in [1.54, 1.807) is 0 Å². The molecule has 1 saturated carbocycles. The zero-order valence-corrected chi connectivity index (χ0v) is 11.7. The van der Waals surface area contributed by atoms with Crippen molar-refractivity contribution in [2.24, 2.45) is 11.8 Å². The summed E-state index contributed by atoms with van der Waals surface area (Å²) in [6.07, 6.45) is 6.27. The molecule has 1 fully saturated rings. The number of halogens is 2. The SMILES string of the molecule is CC(C)C1CCCCC1Nc1ncc(Cl)cc1F. The highest BCUT2D eigenvalue weighted by atomic mass is 35.5. The van der Waals surface area contributed by atoms with Crippen LogP contribution in [0.1, 0.15) is 39.5 Å². The average Bonchev–Trinajstić information content (AvgIpc) is 2.33. The number of rotatable bonds is 3. The van der Waals surface area contributed by atoms with Crippen molar-refractivity contribution in [3.63, 3.8) is 0 Å². The van der Waals surface area contributed by atoms with Gasteiger partial charge in [-0.15, -0.1) is 0 Å². The van der Waals surface area contributed by atoms with E-state index in [0.717, 1.165) is 6.42 Å². The van der Waals surface area contributed by atoms with E-state index in [-0.39, 0.29) is 5.82 Å². The minimum Gasteiger partial charge on any atom is -0.365 e. The highest BCUT2D eigenvalue weighted by Crippen LogP contribution is 2.32. The van der Waals surface area contributed by atoms with Crippen LogP contribution in [0.15, 0.2) is 12.3 Å². The third kappa shape index (κ3) is 3.14. The zero-order chi connectivity index (χ0) is 13.1. The van der Waals surface area contributed by atoms with Crippen LogP contribution < -0.4 is 5.32 Å². The van der Waals surface area contributed by atoms with Crippen LogP contribution in [0.25, 0.3) is 0 Å². The van der Waals surface area contributed by atoms with Gasteiger partial charge in [-0.05, 0) is 30.7 Å². The zero-order valence-electron chi connectivity index (χ0n) is 10.9. The predicted molar refractivity (Wildman–Crippen MR) is 73.4 cm³/mol. The molecule has 0 aromatic carbocycles. The van der Waals surface area contributed by atoms with Crippen LogP contribution in [0.3, 0.4) is 0 Å². The Morgan fingerprint density at radius 3 is 2.78 bits per heavy atom. The van der Waals surface area contributed by atoms with Crippen molar-refractivity contribution >= 4 is 17.4 Å². The highest BCUT2D eigenvalue weighted by molar-refractivity contribution is 6.30. The lowest BCUT2D eigenvalue weighted by molar-refractivity contribution is 0.253. The van der Waals surface area contributed by atoms with Crippen molar-refractivity contribution in [1.82, 2.24) is 4.98 Å². The molecule has 2 unspecified atom stereocenters. The van der Waals surface area contributed by atoms with Crippen molar-refractivity contribution < 1.29 is 4.39 Å². The van der Waals surface area contributed by atoms with Gasteiger partial charge in [0.25, 0.3) is 0 Å². The van der Waals surface area contributed by atoms with Gasteiger partial charge in [-0.3, -0.25) is 0 Å². The lowest BCUT2D eigenvalue weighted by atomic mass is 9.78. The molecule has 0 spiro atoms. The van der Waals surface area contributed by atoms with E-state index in [1.165, 1.54) is 31.5 Å². The van der Waals surface area contributed by atoms with Crippen molar-refractivity contribution in [3.8, 4) is 0 Å². The quantitative estimate of drug-likeness (QED) is 0.875. The van der Waals surface area contributed by atoms with E-state index in [1.807, 2.05) is 0 Å².